The fourth-order valence-electron chi connectivity index (χ4n) is 2.22. The Morgan fingerprint density at radius 2 is 2.11 bits per heavy atom. The quantitative estimate of drug-likeness (QED) is 0.818. The highest BCUT2D eigenvalue weighted by Crippen LogP contribution is 2.19. The van der Waals surface area contributed by atoms with Gasteiger partial charge in [0.05, 0.1) is 0 Å². The second-order valence-electron chi connectivity index (χ2n) is 4.84. The lowest BCUT2D eigenvalue weighted by Gasteiger charge is -2.27. The zero-order valence-corrected chi connectivity index (χ0v) is 12.6. The molecule has 2 N–H and O–H groups in total. The minimum absolute atomic E-state index is 1.05. The third-order valence-electron chi connectivity index (χ3n) is 3.35. The average molecular weight is 312 g/mol. The number of nitrogens with one attached hydrogen (secondary N) is 2. The molecule has 1 heterocycles. The summed E-state index contributed by atoms with van der Waals surface area (Å²) in [7, 11) is 0. The second kappa shape index (κ2) is 7.12. The first-order valence-electron chi connectivity index (χ1n) is 6.69. The summed E-state index contributed by atoms with van der Waals surface area (Å²) in [5.74, 6) is 0. The molecule has 0 spiro atoms. The predicted molar refractivity (Wildman–Crippen MR) is 81.3 cm³/mol. The summed E-state index contributed by atoms with van der Waals surface area (Å²) in [6, 6.07) is 6.42. The summed E-state index contributed by atoms with van der Waals surface area (Å²) >= 11 is 3.52. The van der Waals surface area contributed by atoms with E-state index in [1.54, 1.807) is 0 Å². The molecule has 2 rings (SSSR count). The Labute approximate surface area is 118 Å². The van der Waals surface area contributed by atoms with E-state index in [1.165, 1.54) is 41.8 Å². The van der Waals surface area contributed by atoms with Crippen molar-refractivity contribution in [3.8, 4) is 0 Å². The number of hydrogen-bond donors (Lipinski definition) is 2. The Hall–Kier alpha value is -0.580. The van der Waals surface area contributed by atoms with Crippen molar-refractivity contribution in [1.29, 1.82) is 0 Å². The van der Waals surface area contributed by atoms with Crippen LogP contribution in [0.2, 0.25) is 0 Å². The maximum Gasteiger partial charge on any atom is 0.0343 e. The van der Waals surface area contributed by atoms with Crippen LogP contribution in [0.3, 0.4) is 0 Å². The molecular weight excluding hydrogens is 290 g/mol. The van der Waals surface area contributed by atoms with Crippen molar-refractivity contribution < 1.29 is 0 Å². The first kappa shape index (κ1) is 13.8. The van der Waals surface area contributed by atoms with Crippen LogP contribution in [-0.4, -0.2) is 44.2 Å². The maximum atomic E-state index is 3.52. The fraction of sp³-hybridized carbons (Fsp3) is 0.571. The third kappa shape index (κ3) is 4.26. The van der Waals surface area contributed by atoms with Crippen LogP contribution in [0.1, 0.15) is 12.0 Å². The molecule has 0 aromatic heterocycles. The van der Waals surface area contributed by atoms with Crippen LogP contribution in [0.25, 0.3) is 0 Å². The number of aryl methyl sites for hydroxylation is 1. The van der Waals surface area contributed by atoms with E-state index < -0.39 is 0 Å². The van der Waals surface area contributed by atoms with Gasteiger partial charge in [0.2, 0.25) is 0 Å². The summed E-state index contributed by atoms with van der Waals surface area (Å²) in [4.78, 5) is 2.53. The summed E-state index contributed by atoms with van der Waals surface area (Å²) in [6.07, 6.45) is 1.20. The Bertz CT molecular complexity index is 375. The molecule has 18 heavy (non-hydrogen) atoms. The highest BCUT2D eigenvalue weighted by molar-refractivity contribution is 9.10. The van der Waals surface area contributed by atoms with Crippen molar-refractivity contribution in [1.82, 2.24) is 10.2 Å². The molecule has 0 aliphatic carbocycles. The topological polar surface area (TPSA) is 27.3 Å². The van der Waals surface area contributed by atoms with Gasteiger partial charge in [-0.15, -0.1) is 0 Å². The van der Waals surface area contributed by atoms with Crippen LogP contribution >= 0.6 is 15.9 Å². The standard InChI is InChI=1S/C14H22BrN3/c1-12-11-13(3-4-14(12)15)17-5-2-8-18-9-6-16-7-10-18/h3-4,11,16-17H,2,5-10H2,1H3. The number of hydrogen-bond acceptors (Lipinski definition) is 3. The molecule has 0 atom stereocenters. The molecule has 0 amide bonds. The predicted octanol–water partition coefficient (Wildman–Crippen LogP) is 2.46. The Morgan fingerprint density at radius 1 is 1.33 bits per heavy atom. The molecular formula is C14H22BrN3. The van der Waals surface area contributed by atoms with Gasteiger partial charge in [-0.1, -0.05) is 15.9 Å². The smallest absolute Gasteiger partial charge is 0.0343 e. The molecule has 0 unspecified atom stereocenters. The second-order valence-corrected chi connectivity index (χ2v) is 5.69. The fourth-order valence-corrected chi connectivity index (χ4v) is 2.47. The van der Waals surface area contributed by atoms with Crippen LogP contribution in [-0.2, 0) is 0 Å². The van der Waals surface area contributed by atoms with E-state index in [1.807, 2.05) is 0 Å². The summed E-state index contributed by atoms with van der Waals surface area (Å²) in [5.41, 5.74) is 2.50. The lowest BCUT2D eigenvalue weighted by Crippen LogP contribution is -2.44. The van der Waals surface area contributed by atoms with Crippen molar-refractivity contribution >= 4 is 21.6 Å². The van der Waals surface area contributed by atoms with Gasteiger partial charge in [0, 0.05) is 42.9 Å². The Balaban J connectivity index is 1.66. The van der Waals surface area contributed by atoms with Crippen LogP contribution in [0.15, 0.2) is 22.7 Å². The molecule has 1 aliphatic heterocycles. The van der Waals surface area contributed by atoms with Gasteiger partial charge in [0.25, 0.3) is 0 Å². The SMILES string of the molecule is Cc1cc(NCCCN2CCNCC2)ccc1Br. The van der Waals surface area contributed by atoms with Crippen LogP contribution in [0, 0.1) is 6.92 Å². The number of benzene rings is 1. The number of nitrogens with zero attached hydrogens (tertiary/aromatic N) is 1. The summed E-state index contributed by atoms with van der Waals surface area (Å²) in [5, 5.41) is 6.87. The van der Waals surface area contributed by atoms with E-state index >= 15 is 0 Å². The molecule has 3 nitrogen and oxygen atoms in total. The molecule has 1 aromatic rings. The summed E-state index contributed by atoms with van der Waals surface area (Å²) in [6.45, 7) is 9.03. The van der Waals surface area contributed by atoms with Gasteiger partial charge in [-0.25, -0.2) is 0 Å². The molecule has 1 aliphatic rings. The van der Waals surface area contributed by atoms with Crippen molar-refractivity contribution in [3.63, 3.8) is 0 Å². The molecule has 0 bridgehead atoms. The van der Waals surface area contributed by atoms with E-state index in [4.69, 9.17) is 0 Å². The molecule has 0 saturated carbocycles. The van der Waals surface area contributed by atoms with E-state index in [2.05, 4.69) is 56.6 Å². The maximum absolute atomic E-state index is 3.52. The lowest BCUT2D eigenvalue weighted by atomic mass is 10.2. The monoisotopic (exact) mass is 311 g/mol. The molecule has 0 radical (unpaired) electrons. The van der Waals surface area contributed by atoms with Gasteiger partial charge >= 0.3 is 0 Å². The first-order chi connectivity index (χ1) is 8.75. The number of piperazine rings is 1. The van der Waals surface area contributed by atoms with Gasteiger partial charge in [0.15, 0.2) is 0 Å². The van der Waals surface area contributed by atoms with E-state index in [0.29, 0.717) is 0 Å². The van der Waals surface area contributed by atoms with E-state index in [0.717, 1.165) is 19.6 Å². The molecule has 100 valence electrons. The van der Waals surface area contributed by atoms with Crippen LogP contribution in [0.4, 0.5) is 5.69 Å². The van der Waals surface area contributed by atoms with Crippen molar-refractivity contribution in [3.05, 3.63) is 28.2 Å². The van der Waals surface area contributed by atoms with Crippen LogP contribution in [0.5, 0.6) is 0 Å². The lowest BCUT2D eigenvalue weighted by molar-refractivity contribution is 0.240. The van der Waals surface area contributed by atoms with E-state index in [9.17, 15) is 0 Å². The normalized spacial score (nSPS) is 16.8. The average Bonchev–Trinajstić information content (AvgIpc) is 2.40. The first-order valence-corrected chi connectivity index (χ1v) is 7.48. The van der Waals surface area contributed by atoms with Crippen molar-refractivity contribution in [2.75, 3.05) is 44.6 Å². The van der Waals surface area contributed by atoms with Crippen LogP contribution < -0.4 is 10.6 Å². The van der Waals surface area contributed by atoms with E-state index in [-0.39, 0.29) is 0 Å². The third-order valence-corrected chi connectivity index (χ3v) is 4.24. The molecule has 1 saturated heterocycles. The Kier molecular flexibility index (Phi) is 5.47. The minimum Gasteiger partial charge on any atom is -0.385 e. The van der Waals surface area contributed by atoms with Crippen molar-refractivity contribution in [2.45, 2.75) is 13.3 Å². The van der Waals surface area contributed by atoms with Gasteiger partial charge < -0.3 is 15.5 Å². The zero-order valence-electron chi connectivity index (χ0n) is 11.0. The highest BCUT2D eigenvalue weighted by atomic mass is 79.9. The molecule has 1 aromatic carbocycles. The number of rotatable bonds is 5. The van der Waals surface area contributed by atoms with Crippen molar-refractivity contribution in [2.24, 2.45) is 0 Å². The summed E-state index contributed by atoms with van der Waals surface area (Å²) < 4.78 is 1.17. The van der Waals surface area contributed by atoms with Gasteiger partial charge in [-0.2, -0.15) is 0 Å². The van der Waals surface area contributed by atoms with Gasteiger partial charge in [-0.05, 0) is 43.7 Å². The number of halogens is 1. The van der Waals surface area contributed by atoms with Gasteiger partial charge in [-0.3, -0.25) is 0 Å². The van der Waals surface area contributed by atoms with Gasteiger partial charge in [0.1, 0.15) is 0 Å². The Morgan fingerprint density at radius 3 is 2.83 bits per heavy atom. The largest absolute Gasteiger partial charge is 0.385 e. The molecule has 1 fully saturated rings. The zero-order chi connectivity index (χ0) is 12.8. The minimum atomic E-state index is 1.05. The molecule has 4 heteroatoms. The highest BCUT2D eigenvalue weighted by Gasteiger charge is 2.08. The number of anilines is 1.